The molecule has 0 aromatic heterocycles. The molecule has 0 heterocycles. The summed E-state index contributed by atoms with van der Waals surface area (Å²) < 4.78 is 1.17. The molecule has 0 radical (unpaired) electrons. The van der Waals surface area contributed by atoms with Crippen LogP contribution in [0.4, 0.5) is 0 Å². The first-order chi connectivity index (χ1) is 9.78. The lowest BCUT2D eigenvalue weighted by Crippen LogP contribution is -2.40. The molecule has 0 bridgehead atoms. The SMILES string of the molecule is Brc1ccc(C2c3ccccc3CCC23CCC3)cc1. The molecule has 2 aliphatic carbocycles. The lowest BCUT2D eigenvalue weighted by atomic mass is 9.52. The highest BCUT2D eigenvalue weighted by Crippen LogP contribution is 2.59. The van der Waals surface area contributed by atoms with Gasteiger partial charge < -0.3 is 0 Å². The fourth-order valence-electron chi connectivity index (χ4n) is 4.26. The minimum absolute atomic E-state index is 0.544. The summed E-state index contributed by atoms with van der Waals surface area (Å²) in [6.45, 7) is 0. The van der Waals surface area contributed by atoms with Crippen molar-refractivity contribution >= 4 is 15.9 Å². The molecule has 20 heavy (non-hydrogen) atoms. The van der Waals surface area contributed by atoms with E-state index in [-0.39, 0.29) is 0 Å². The molecular weight excluding hydrogens is 308 g/mol. The average molecular weight is 327 g/mol. The van der Waals surface area contributed by atoms with E-state index >= 15 is 0 Å². The molecule has 102 valence electrons. The van der Waals surface area contributed by atoms with Gasteiger partial charge in [-0.1, -0.05) is 58.7 Å². The Morgan fingerprint density at radius 1 is 0.900 bits per heavy atom. The van der Waals surface area contributed by atoms with Gasteiger partial charge in [-0.3, -0.25) is 0 Å². The van der Waals surface area contributed by atoms with Gasteiger partial charge in [0.05, 0.1) is 0 Å². The van der Waals surface area contributed by atoms with E-state index in [1.807, 2.05) is 0 Å². The van der Waals surface area contributed by atoms with Crippen molar-refractivity contribution in [3.8, 4) is 0 Å². The Hall–Kier alpha value is -1.08. The van der Waals surface area contributed by atoms with E-state index in [0.29, 0.717) is 11.3 Å². The average Bonchev–Trinajstić information content (AvgIpc) is 2.45. The quantitative estimate of drug-likeness (QED) is 0.630. The highest BCUT2D eigenvalue weighted by Gasteiger charge is 2.47. The number of hydrogen-bond donors (Lipinski definition) is 0. The molecule has 4 rings (SSSR count). The summed E-state index contributed by atoms with van der Waals surface area (Å²) in [7, 11) is 0. The fourth-order valence-corrected chi connectivity index (χ4v) is 4.52. The number of fused-ring (bicyclic) bond motifs is 1. The largest absolute Gasteiger partial charge is 0.0620 e. The first-order valence-electron chi connectivity index (χ1n) is 7.62. The molecule has 2 aliphatic rings. The van der Waals surface area contributed by atoms with E-state index in [1.54, 1.807) is 11.1 Å². The summed E-state index contributed by atoms with van der Waals surface area (Å²) >= 11 is 3.56. The molecule has 0 N–H and O–H groups in total. The van der Waals surface area contributed by atoms with Crippen molar-refractivity contribution in [2.45, 2.75) is 38.0 Å². The Morgan fingerprint density at radius 2 is 1.65 bits per heavy atom. The molecular formula is C19H19Br. The van der Waals surface area contributed by atoms with Gasteiger partial charge in [-0.15, -0.1) is 0 Å². The van der Waals surface area contributed by atoms with Gasteiger partial charge in [0.25, 0.3) is 0 Å². The van der Waals surface area contributed by atoms with Crippen molar-refractivity contribution in [3.63, 3.8) is 0 Å². The molecule has 1 fully saturated rings. The molecule has 2 aromatic carbocycles. The number of rotatable bonds is 1. The predicted octanol–water partition coefficient (Wildman–Crippen LogP) is 5.70. The van der Waals surface area contributed by atoms with Crippen LogP contribution in [0.2, 0.25) is 0 Å². The van der Waals surface area contributed by atoms with Crippen molar-refractivity contribution in [2.75, 3.05) is 0 Å². The maximum absolute atomic E-state index is 3.56. The maximum Gasteiger partial charge on any atom is 0.0175 e. The van der Waals surface area contributed by atoms with Crippen LogP contribution in [0.25, 0.3) is 0 Å². The van der Waals surface area contributed by atoms with E-state index in [0.717, 1.165) is 0 Å². The van der Waals surface area contributed by atoms with Crippen LogP contribution < -0.4 is 0 Å². The van der Waals surface area contributed by atoms with Gasteiger partial charge >= 0.3 is 0 Å². The fraction of sp³-hybridized carbons (Fsp3) is 0.368. The van der Waals surface area contributed by atoms with E-state index in [9.17, 15) is 0 Å². The molecule has 0 saturated heterocycles. The molecule has 1 unspecified atom stereocenters. The van der Waals surface area contributed by atoms with E-state index in [2.05, 4.69) is 64.5 Å². The van der Waals surface area contributed by atoms with Crippen molar-refractivity contribution in [3.05, 3.63) is 69.7 Å². The van der Waals surface area contributed by atoms with Gasteiger partial charge in [0, 0.05) is 10.4 Å². The van der Waals surface area contributed by atoms with Crippen LogP contribution in [-0.2, 0) is 6.42 Å². The lowest BCUT2D eigenvalue weighted by Gasteiger charge is -2.52. The van der Waals surface area contributed by atoms with Crippen molar-refractivity contribution in [1.29, 1.82) is 0 Å². The summed E-state index contributed by atoms with van der Waals surface area (Å²) in [4.78, 5) is 0. The van der Waals surface area contributed by atoms with Crippen LogP contribution in [-0.4, -0.2) is 0 Å². The molecule has 1 atom stereocenters. The number of benzene rings is 2. The summed E-state index contributed by atoms with van der Waals surface area (Å²) in [6, 6.07) is 18.1. The van der Waals surface area contributed by atoms with Crippen LogP contribution in [0.15, 0.2) is 53.0 Å². The summed E-state index contributed by atoms with van der Waals surface area (Å²) in [5, 5.41) is 0. The second kappa shape index (κ2) is 4.73. The Kier molecular flexibility index (Phi) is 2.99. The van der Waals surface area contributed by atoms with E-state index in [4.69, 9.17) is 0 Å². The van der Waals surface area contributed by atoms with Gasteiger partial charge in [0.15, 0.2) is 0 Å². The highest BCUT2D eigenvalue weighted by molar-refractivity contribution is 9.10. The summed E-state index contributed by atoms with van der Waals surface area (Å²) in [6.07, 6.45) is 6.85. The van der Waals surface area contributed by atoms with Crippen molar-refractivity contribution in [1.82, 2.24) is 0 Å². The van der Waals surface area contributed by atoms with Crippen molar-refractivity contribution < 1.29 is 0 Å². The Balaban J connectivity index is 1.86. The van der Waals surface area contributed by atoms with Gasteiger partial charge in [-0.2, -0.15) is 0 Å². The molecule has 0 nitrogen and oxygen atoms in total. The molecule has 2 aromatic rings. The second-order valence-electron chi connectivity index (χ2n) is 6.40. The maximum atomic E-state index is 3.56. The minimum atomic E-state index is 0.544. The zero-order chi connectivity index (χ0) is 13.6. The zero-order valence-electron chi connectivity index (χ0n) is 11.6. The number of hydrogen-bond acceptors (Lipinski definition) is 0. The Labute approximate surface area is 129 Å². The highest BCUT2D eigenvalue weighted by atomic mass is 79.9. The minimum Gasteiger partial charge on any atom is -0.0620 e. The molecule has 1 heteroatoms. The first-order valence-corrected chi connectivity index (χ1v) is 8.41. The normalized spacial score (nSPS) is 23.1. The summed E-state index contributed by atoms with van der Waals surface area (Å²) in [5.41, 5.74) is 5.20. The molecule has 0 aliphatic heterocycles. The molecule has 1 spiro atoms. The summed E-state index contributed by atoms with van der Waals surface area (Å²) in [5.74, 6) is 0.606. The van der Waals surface area contributed by atoms with Crippen LogP contribution >= 0.6 is 15.9 Å². The van der Waals surface area contributed by atoms with E-state index in [1.165, 1.54) is 42.1 Å². The third kappa shape index (κ3) is 1.87. The number of aryl methyl sites for hydroxylation is 1. The van der Waals surface area contributed by atoms with Crippen LogP contribution in [0.5, 0.6) is 0 Å². The van der Waals surface area contributed by atoms with Crippen LogP contribution in [0.1, 0.15) is 48.3 Å². The first kappa shape index (κ1) is 12.6. The van der Waals surface area contributed by atoms with Gasteiger partial charge in [0.2, 0.25) is 0 Å². The molecule has 1 saturated carbocycles. The van der Waals surface area contributed by atoms with Gasteiger partial charge in [-0.05, 0) is 59.9 Å². The second-order valence-corrected chi connectivity index (χ2v) is 7.31. The zero-order valence-corrected chi connectivity index (χ0v) is 13.2. The predicted molar refractivity (Wildman–Crippen MR) is 87.0 cm³/mol. The lowest BCUT2D eigenvalue weighted by molar-refractivity contribution is 0.0872. The molecule has 0 amide bonds. The third-order valence-electron chi connectivity index (χ3n) is 5.42. The standard InChI is InChI=1S/C19H19Br/c20-16-8-6-15(7-9-16)18-17-5-2-1-4-14(17)10-13-19(18)11-3-12-19/h1-2,4-9,18H,3,10-13H2. The van der Waals surface area contributed by atoms with Gasteiger partial charge in [0.1, 0.15) is 0 Å². The van der Waals surface area contributed by atoms with E-state index < -0.39 is 0 Å². The Morgan fingerprint density at radius 3 is 2.35 bits per heavy atom. The smallest absolute Gasteiger partial charge is 0.0175 e. The monoisotopic (exact) mass is 326 g/mol. The van der Waals surface area contributed by atoms with Gasteiger partial charge in [-0.25, -0.2) is 0 Å². The third-order valence-corrected chi connectivity index (χ3v) is 5.95. The topological polar surface area (TPSA) is 0 Å². The number of halogens is 1. The Bertz CT molecular complexity index is 622. The van der Waals surface area contributed by atoms with Crippen LogP contribution in [0, 0.1) is 5.41 Å². The van der Waals surface area contributed by atoms with Crippen LogP contribution in [0.3, 0.4) is 0 Å². The van der Waals surface area contributed by atoms with Crippen molar-refractivity contribution in [2.24, 2.45) is 5.41 Å².